The van der Waals surface area contributed by atoms with Gasteiger partial charge in [0.05, 0.1) is 79.3 Å². The monoisotopic (exact) mass is 915 g/mol. The van der Waals surface area contributed by atoms with Crippen LogP contribution in [0.1, 0.15) is 126 Å². The van der Waals surface area contributed by atoms with Gasteiger partial charge in [-0.3, -0.25) is 0 Å². The highest BCUT2D eigenvalue weighted by molar-refractivity contribution is 7.55. The zero-order valence-corrected chi connectivity index (χ0v) is 40.7. The summed E-state index contributed by atoms with van der Waals surface area (Å²) in [6, 6.07) is 7.87. The molecule has 0 saturated heterocycles. The van der Waals surface area contributed by atoms with Gasteiger partial charge in [0.1, 0.15) is 11.5 Å². The molecule has 0 saturated carbocycles. The van der Waals surface area contributed by atoms with E-state index in [9.17, 15) is 9.79 Å². The molecule has 4 bridgehead atoms. The lowest BCUT2D eigenvalue weighted by atomic mass is 9.70. The van der Waals surface area contributed by atoms with Crippen LogP contribution in [-0.4, -0.2) is 115 Å². The van der Waals surface area contributed by atoms with E-state index in [4.69, 9.17) is 51.3 Å². The molecule has 4 aliphatic rings. The smallest absolute Gasteiger partial charge is 0.418 e. The van der Waals surface area contributed by atoms with Crippen molar-refractivity contribution in [2.75, 3.05) is 106 Å². The molecule has 356 valence electrons. The van der Waals surface area contributed by atoms with Crippen molar-refractivity contribution in [3.63, 3.8) is 0 Å². The third-order valence-electron chi connectivity index (χ3n) is 10.6. The average molecular weight is 915 g/mol. The van der Waals surface area contributed by atoms with Gasteiger partial charge in [-0.15, -0.1) is 0 Å². The van der Waals surface area contributed by atoms with Crippen LogP contribution in [0.3, 0.4) is 0 Å². The van der Waals surface area contributed by atoms with Crippen LogP contribution in [0, 0.1) is 0 Å². The van der Waals surface area contributed by atoms with E-state index in [2.05, 4.69) is 53.7 Å². The highest BCUT2D eigenvalue weighted by atomic mass is 31.2. The molecule has 6 rings (SSSR count). The summed E-state index contributed by atoms with van der Waals surface area (Å²) in [5.74, 6) is 1.07. The van der Waals surface area contributed by atoms with Crippen LogP contribution in [0.15, 0.2) is 24.3 Å². The molecule has 2 N–H and O–H groups in total. The van der Waals surface area contributed by atoms with Crippen LogP contribution in [0.4, 0.5) is 0 Å². The highest BCUT2D eigenvalue weighted by Crippen LogP contribution is 2.54. The number of hydrogen-bond acceptors (Lipinski definition) is 13. The van der Waals surface area contributed by atoms with Crippen LogP contribution in [0.2, 0.25) is 0 Å². The first kappa shape index (κ1) is 54.8. The summed E-state index contributed by atoms with van der Waals surface area (Å²) in [5, 5.41) is 0. The molecule has 0 spiro atoms. The van der Waals surface area contributed by atoms with E-state index in [-0.39, 0.29) is 0 Å². The van der Waals surface area contributed by atoms with E-state index < -0.39 is 22.6 Å². The third-order valence-corrected chi connectivity index (χ3v) is 12.4. The summed E-state index contributed by atoms with van der Waals surface area (Å²) in [4.78, 5) is 20.4. The first-order chi connectivity index (χ1) is 30.3. The lowest BCUT2D eigenvalue weighted by Crippen LogP contribution is -2.28. The second-order valence-electron chi connectivity index (χ2n) is 15.8. The van der Waals surface area contributed by atoms with Crippen molar-refractivity contribution in [2.24, 2.45) is 0 Å². The minimum Gasteiger partial charge on any atom is -0.418 e. The van der Waals surface area contributed by atoms with Gasteiger partial charge >= 0.3 is 17.2 Å². The molecule has 0 fully saturated rings. The number of unbranched alkanes of at least 4 members (excludes halogenated alkanes) is 4. The van der Waals surface area contributed by atoms with Gasteiger partial charge in [-0.2, -0.15) is 0 Å². The van der Waals surface area contributed by atoms with Gasteiger partial charge < -0.3 is 56.7 Å². The molecular weight excluding hydrogens is 834 g/mol. The van der Waals surface area contributed by atoms with Crippen molar-refractivity contribution in [1.29, 1.82) is 0 Å². The highest BCUT2D eigenvalue weighted by Gasteiger charge is 2.36. The maximum Gasteiger partial charge on any atom is 0.470 e. The fourth-order valence-corrected chi connectivity index (χ4v) is 8.65. The fraction of sp³-hybridized carbons (Fsp3) is 0.745. The second-order valence-corrected chi connectivity index (χ2v) is 17.8. The Bertz CT molecular complexity index is 1360. The topological polar surface area (TPSA) is 142 Å². The maximum absolute atomic E-state index is 10.2. The molecule has 2 aromatic rings. The van der Waals surface area contributed by atoms with E-state index in [1.54, 1.807) is 0 Å². The Labute approximate surface area is 376 Å². The Balaban J connectivity index is 2.18. The van der Waals surface area contributed by atoms with Crippen LogP contribution in [0.25, 0.3) is 0 Å². The SMILES string of the molecule is CCCCOCCOCCc1c(CCOCCOCCCC)c2c(CCOCCOCCCC)c(CCOCCOCCCC)c1OP(OP(O)O)Oc1ccc(cc1)C2(C)C. The van der Waals surface area contributed by atoms with Gasteiger partial charge in [-0.25, -0.2) is 4.31 Å². The molecular formula is C47H80O13P2. The Morgan fingerprint density at radius 1 is 0.468 bits per heavy atom. The van der Waals surface area contributed by atoms with Crippen LogP contribution in [-0.2, 0) is 73.3 Å². The Morgan fingerprint density at radius 3 is 1.15 bits per heavy atom. The van der Waals surface area contributed by atoms with Crippen molar-refractivity contribution in [3.05, 3.63) is 57.6 Å². The Hall–Kier alpha value is -1.54. The van der Waals surface area contributed by atoms with Crippen molar-refractivity contribution in [1.82, 2.24) is 0 Å². The van der Waals surface area contributed by atoms with E-state index in [0.29, 0.717) is 130 Å². The first-order valence-corrected chi connectivity index (χ1v) is 25.5. The molecule has 2 aromatic carbocycles. The predicted octanol–water partition coefficient (Wildman–Crippen LogP) is 9.74. The molecule has 62 heavy (non-hydrogen) atoms. The standard InChI is InChI=1S/C47H80O13P2/c1-7-11-23-50-31-35-54-27-19-41-43(21-29-56-37-33-52-25-13-9-3)46-44(22-30-57-38-34-53-26-14-10-4)42(20-28-55-36-32-51-24-12-8-2)45(41)47(5,6)39-15-17-40(18-16-39)58-62(59-46)60-61(48)49/h15-18,48-49H,7-14,19-38H2,1-6H3. The average Bonchev–Trinajstić information content (AvgIpc) is 3.25. The van der Waals surface area contributed by atoms with Crippen molar-refractivity contribution in [3.8, 4) is 11.5 Å². The van der Waals surface area contributed by atoms with Crippen molar-refractivity contribution >= 4 is 17.2 Å². The molecule has 0 amide bonds. The molecule has 0 aliphatic carbocycles. The van der Waals surface area contributed by atoms with Gasteiger partial charge in [-0.05, 0) is 85.8 Å². The fourth-order valence-electron chi connectivity index (χ4n) is 7.20. The number of rotatable bonds is 38. The molecule has 1 atom stereocenters. The van der Waals surface area contributed by atoms with Gasteiger partial charge in [-0.1, -0.05) is 79.4 Å². The minimum absolute atomic E-state index is 0.401. The van der Waals surface area contributed by atoms with Crippen LogP contribution in [0.5, 0.6) is 11.5 Å². The van der Waals surface area contributed by atoms with E-state index in [0.717, 1.165) is 92.4 Å². The summed E-state index contributed by atoms with van der Waals surface area (Å²) in [6.07, 6.45) is 10.5. The normalized spacial score (nSPS) is 14.6. The zero-order chi connectivity index (χ0) is 44.7. The van der Waals surface area contributed by atoms with Gasteiger partial charge in [0, 0.05) is 43.0 Å². The van der Waals surface area contributed by atoms with Crippen molar-refractivity contribution in [2.45, 2.75) is 124 Å². The van der Waals surface area contributed by atoms with Crippen molar-refractivity contribution < 1.29 is 61.0 Å². The third kappa shape index (κ3) is 20.7. The summed E-state index contributed by atoms with van der Waals surface area (Å²) in [5.41, 5.74) is 5.81. The lowest BCUT2D eigenvalue weighted by Gasteiger charge is -2.36. The Morgan fingerprint density at radius 2 is 0.806 bits per heavy atom. The first-order valence-electron chi connectivity index (χ1n) is 23.2. The quantitative estimate of drug-likeness (QED) is 0.0488. The summed E-state index contributed by atoms with van der Waals surface area (Å²) >= 11 is 0. The number of ether oxygens (including phenoxy) is 8. The minimum atomic E-state index is -2.82. The van der Waals surface area contributed by atoms with E-state index >= 15 is 0 Å². The molecule has 0 radical (unpaired) electrons. The molecule has 15 heteroatoms. The van der Waals surface area contributed by atoms with Gasteiger partial charge in [0.2, 0.25) is 0 Å². The largest absolute Gasteiger partial charge is 0.470 e. The van der Waals surface area contributed by atoms with Gasteiger partial charge in [0.15, 0.2) is 0 Å². The van der Waals surface area contributed by atoms with E-state index in [1.807, 2.05) is 12.1 Å². The molecule has 13 nitrogen and oxygen atoms in total. The number of hydrogen-bond donors (Lipinski definition) is 2. The predicted molar refractivity (Wildman–Crippen MR) is 247 cm³/mol. The Kier molecular flexibility index (Phi) is 29.9. The zero-order valence-electron chi connectivity index (χ0n) is 38.9. The summed E-state index contributed by atoms with van der Waals surface area (Å²) < 4.78 is 67.1. The maximum atomic E-state index is 10.2. The second kappa shape index (κ2) is 33.9. The molecule has 0 aromatic heterocycles. The summed E-state index contributed by atoms with van der Waals surface area (Å²) in [7, 11) is -5.15. The molecule has 1 unspecified atom stereocenters. The molecule has 4 aliphatic heterocycles. The van der Waals surface area contributed by atoms with Crippen LogP contribution >= 0.6 is 17.2 Å². The van der Waals surface area contributed by atoms with Crippen LogP contribution < -0.4 is 9.05 Å². The summed E-state index contributed by atoms with van der Waals surface area (Å²) in [6.45, 7) is 21.6. The van der Waals surface area contributed by atoms with E-state index in [1.165, 1.54) is 5.56 Å². The van der Waals surface area contributed by atoms with Gasteiger partial charge in [0.25, 0.3) is 0 Å². The number of benzene rings is 2. The molecule has 4 heterocycles. The lowest BCUT2D eigenvalue weighted by molar-refractivity contribution is 0.0459.